The van der Waals surface area contributed by atoms with Crippen LogP contribution >= 0.6 is 23.2 Å². The number of benzene rings is 4. The number of aliphatic hydroxyl groups is 3. The highest BCUT2D eigenvalue weighted by Gasteiger charge is 2.19. The SMILES string of the molecule is COc1cc2c(Nc3ccc(Cl)cc3F)ncnc2cc1OCC(O)CN(C)CCO.COc1cc2c(Nc3ccc(Cl)cc3F)ncnc2cc1OCC(O)CN1CCCCCC1. The minimum Gasteiger partial charge on any atom is -0.493 e. The topological polar surface area (TPSA) is 180 Å². The fraction of sp³-hybridized carbons (Fsp3) is 0.378. The summed E-state index contributed by atoms with van der Waals surface area (Å²) in [6, 6.07) is 15.5. The van der Waals surface area contributed by atoms with Gasteiger partial charge in [0.2, 0.25) is 0 Å². The normalized spacial score (nSPS) is 14.0. The third kappa shape index (κ3) is 13.3. The molecule has 2 unspecified atom stereocenters. The van der Waals surface area contributed by atoms with Crippen molar-refractivity contribution in [2.45, 2.75) is 37.9 Å². The lowest BCUT2D eigenvalue weighted by molar-refractivity contribution is 0.0684. The fourth-order valence-corrected chi connectivity index (χ4v) is 7.34. The van der Waals surface area contributed by atoms with Crippen molar-refractivity contribution in [2.75, 3.05) is 84.4 Å². The molecule has 15 nitrogen and oxygen atoms in total. The van der Waals surface area contributed by atoms with E-state index in [2.05, 4.69) is 35.5 Å². The molecule has 1 aliphatic heterocycles. The molecule has 0 spiro atoms. The van der Waals surface area contributed by atoms with Crippen LogP contribution in [0.3, 0.4) is 0 Å². The highest BCUT2D eigenvalue weighted by atomic mass is 35.5. The molecular formula is C45H52Cl2F2N8O7. The zero-order valence-corrected chi connectivity index (χ0v) is 37.2. The predicted octanol–water partition coefficient (Wildman–Crippen LogP) is 7.63. The van der Waals surface area contributed by atoms with Crippen molar-refractivity contribution in [3.8, 4) is 23.0 Å². The Hall–Kier alpha value is -5.40. The first-order chi connectivity index (χ1) is 30.9. The first-order valence-corrected chi connectivity index (χ1v) is 21.4. The molecule has 3 heterocycles. The van der Waals surface area contributed by atoms with Crippen LogP contribution in [-0.4, -0.2) is 131 Å². The largest absolute Gasteiger partial charge is 0.493 e. The second-order valence-electron chi connectivity index (χ2n) is 15.1. The molecule has 0 saturated carbocycles. The van der Waals surface area contributed by atoms with Crippen LogP contribution in [-0.2, 0) is 0 Å². The Bertz CT molecular complexity index is 2470. The molecule has 1 aliphatic rings. The van der Waals surface area contributed by atoms with Gasteiger partial charge in [-0.15, -0.1) is 0 Å². The van der Waals surface area contributed by atoms with E-state index in [9.17, 15) is 19.0 Å². The number of ether oxygens (including phenoxy) is 4. The lowest BCUT2D eigenvalue weighted by atomic mass is 10.2. The molecule has 6 aromatic rings. The fourth-order valence-electron chi connectivity index (χ4n) is 7.02. The molecule has 0 bridgehead atoms. The molecule has 2 atom stereocenters. The minimum atomic E-state index is -0.757. The van der Waals surface area contributed by atoms with Crippen molar-refractivity contribution in [2.24, 2.45) is 0 Å². The van der Waals surface area contributed by atoms with Gasteiger partial charge in [0.1, 0.15) is 61.3 Å². The van der Waals surface area contributed by atoms with E-state index in [1.54, 1.807) is 54.4 Å². The molecular weight excluding hydrogens is 873 g/mol. The Labute approximate surface area is 379 Å². The maximum absolute atomic E-state index is 14.3. The van der Waals surface area contributed by atoms with Gasteiger partial charge < -0.3 is 54.7 Å². The summed E-state index contributed by atoms with van der Waals surface area (Å²) in [5.74, 6) is 1.58. The van der Waals surface area contributed by atoms with Crippen LogP contribution in [0.1, 0.15) is 25.7 Å². The zero-order chi connectivity index (χ0) is 45.6. The molecule has 0 radical (unpaired) electrons. The van der Waals surface area contributed by atoms with Crippen molar-refractivity contribution in [3.63, 3.8) is 0 Å². The maximum Gasteiger partial charge on any atom is 0.163 e. The van der Waals surface area contributed by atoms with Gasteiger partial charge in [-0.1, -0.05) is 36.0 Å². The summed E-state index contributed by atoms with van der Waals surface area (Å²) in [6.45, 7) is 3.59. The molecule has 342 valence electrons. The Balaban J connectivity index is 0.000000213. The minimum absolute atomic E-state index is 0.0125. The average molecular weight is 926 g/mol. The van der Waals surface area contributed by atoms with Crippen molar-refractivity contribution in [1.29, 1.82) is 0 Å². The number of rotatable bonds is 18. The number of nitrogens with one attached hydrogen (secondary N) is 2. The Morgan fingerprint density at radius 3 is 1.62 bits per heavy atom. The molecule has 19 heteroatoms. The van der Waals surface area contributed by atoms with Crippen molar-refractivity contribution >= 4 is 68.0 Å². The highest BCUT2D eigenvalue weighted by Crippen LogP contribution is 2.37. The molecule has 64 heavy (non-hydrogen) atoms. The second-order valence-corrected chi connectivity index (χ2v) is 16.0. The molecule has 1 saturated heterocycles. The highest BCUT2D eigenvalue weighted by molar-refractivity contribution is 6.31. The zero-order valence-electron chi connectivity index (χ0n) is 35.7. The molecule has 7 rings (SSSR count). The number of anilines is 4. The number of likely N-dealkylation sites (tertiary alicyclic amines) is 1. The summed E-state index contributed by atoms with van der Waals surface area (Å²) in [7, 11) is 4.83. The van der Waals surface area contributed by atoms with Gasteiger partial charge in [-0.3, -0.25) is 0 Å². The maximum atomic E-state index is 14.3. The van der Waals surface area contributed by atoms with E-state index in [0.717, 1.165) is 13.1 Å². The third-order valence-electron chi connectivity index (χ3n) is 10.2. The van der Waals surface area contributed by atoms with E-state index in [1.807, 2.05) is 0 Å². The van der Waals surface area contributed by atoms with Crippen molar-refractivity contribution in [1.82, 2.24) is 29.7 Å². The molecule has 1 fully saturated rings. The van der Waals surface area contributed by atoms with Crippen LogP contribution < -0.4 is 29.6 Å². The van der Waals surface area contributed by atoms with Crippen LogP contribution in [0.2, 0.25) is 10.0 Å². The van der Waals surface area contributed by atoms with Gasteiger partial charge in [-0.05, 0) is 81.5 Å². The number of halogens is 4. The summed E-state index contributed by atoms with van der Waals surface area (Å²) in [5.41, 5.74) is 1.61. The second kappa shape index (κ2) is 23.5. The summed E-state index contributed by atoms with van der Waals surface area (Å²) in [5, 5.41) is 37.4. The van der Waals surface area contributed by atoms with E-state index in [4.69, 9.17) is 47.3 Å². The van der Waals surface area contributed by atoms with Crippen LogP contribution in [0.15, 0.2) is 73.3 Å². The molecule has 2 aromatic heterocycles. The summed E-state index contributed by atoms with van der Waals surface area (Å²) >= 11 is 11.7. The number of nitrogens with zero attached hydrogens (tertiary/aromatic N) is 6. The monoisotopic (exact) mass is 924 g/mol. The van der Waals surface area contributed by atoms with Crippen molar-refractivity contribution < 1.29 is 43.0 Å². The summed E-state index contributed by atoms with van der Waals surface area (Å²) < 4.78 is 51.0. The predicted molar refractivity (Wildman–Crippen MR) is 244 cm³/mol. The van der Waals surface area contributed by atoms with Crippen LogP contribution in [0, 0.1) is 11.6 Å². The van der Waals surface area contributed by atoms with E-state index < -0.39 is 23.8 Å². The van der Waals surface area contributed by atoms with Crippen LogP contribution in [0.4, 0.5) is 31.8 Å². The first-order valence-electron chi connectivity index (χ1n) is 20.7. The van der Waals surface area contributed by atoms with E-state index in [-0.39, 0.29) is 31.2 Å². The number of β-amino-alcohol motifs (C(OH)–C–C–N with tert-alkyl or cyclic N) is 1. The Morgan fingerprint density at radius 2 is 1.17 bits per heavy atom. The number of fused-ring (bicyclic) bond motifs is 2. The third-order valence-corrected chi connectivity index (χ3v) is 10.7. The quantitative estimate of drug-likeness (QED) is 0.0568. The Morgan fingerprint density at radius 1 is 0.688 bits per heavy atom. The van der Waals surface area contributed by atoms with E-state index >= 15 is 0 Å². The smallest absolute Gasteiger partial charge is 0.163 e. The Kier molecular flexibility index (Phi) is 17.7. The molecule has 0 aliphatic carbocycles. The van der Waals surface area contributed by atoms with Gasteiger partial charge in [0.25, 0.3) is 0 Å². The van der Waals surface area contributed by atoms with Gasteiger partial charge in [-0.2, -0.15) is 0 Å². The lowest BCUT2D eigenvalue weighted by Crippen LogP contribution is -2.36. The molecule has 0 amide bonds. The van der Waals surface area contributed by atoms with Crippen LogP contribution in [0.5, 0.6) is 23.0 Å². The number of aromatic nitrogens is 4. The summed E-state index contributed by atoms with van der Waals surface area (Å²) in [4.78, 5) is 21.1. The lowest BCUT2D eigenvalue weighted by Gasteiger charge is -2.23. The number of aliphatic hydroxyl groups excluding tert-OH is 3. The number of likely N-dealkylation sites (N-methyl/N-ethyl adjacent to an activating group) is 1. The van der Waals surface area contributed by atoms with Gasteiger partial charge >= 0.3 is 0 Å². The van der Waals surface area contributed by atoms with Gasteiger partial charge in [-0.25, -0.2) is 28.7 Å². The van der Waals surface area contributed by atoms with Gasteiger partial charge in [0.15, 0.2) is 23.0 Å². The summed E-state index contributed by atoms with van der Waals surface area (Å²) in [6.07, 6.45) is 6.22. The van der Waals surface area contributed by atoms with Gasteiger partial charge in [0.05, 0.1) is 43.2 Å². The number of methoxy groups -OCH3 is 2. The number of hydrogen-bond acceptors (Lipinski definition) is 15. The molecule has 4 aromatic carbocycles. The standard InChI is InChI=1S/C24H28ClFN4O3.C21H24ClFN4O4/c1-32-22-11-18-21(27-15-28-24(18)29-20-7-6-16(25)10-19(20)26)12-23(22)33-14-17(31)13-30-8-4-2-3-5-9-30;1-27(5-6-28)10-14(29)11-31-20-9-18-15(8-19(20)30-2)21(25-12-24-18)26-17-4-3-13(22)7-16(17)23/h6-7,10-12,15,17,31H,2-5,8-9,13-14H2,1H3,(H,27,28,29);3-4,7-9,12,14,28-29H,5-6,10-11H2,1-2H3,(H,24,25,26). The molecule has 5 N–H and O–H groups in total. The van der Waals surface area contributed by atoms with Gasteiger partial charge in [0, 0.05) is 52.6 Å². The average Bonchev–Trinajstić information content (AvgIpc) is 3.55. The first kappa shape index (κ1) is 48.1. The van der Waals surface area contributed by atoms with E-state index in [0.29, 0.717) is 86.1 Å². The van der Waals surface area contributed by atoms with E-state index in [1.165, 1.54) is 70.8 Å². The number of hydrogen-bond donors (Lipinski definition) is 5. The van der Waals surface area contributed by atoms with Crippen molar-refractivity contribution in [3.05, 3.63) is 95.0 Å². The van der Waals surface area contributed by atoms with Crippen LogP contribution in [0.25, 0.3) is 21.8 Å².